The molecule has 0 bridgehead atoms. The van der Waals surface area contributed by atoms with Crippen LogP contribution in [0.25, 0.3) is 0 Å². The maximum absolute atomic E-state index is 10.9. The first kappa shape index (κ1) is 9.67. The number of hydrogen-bond acceptors (Lipinski definition) is 3. The molecule has 0 saturated heterocycles. The minimum absolute atomic E-state index is 0.164. The lowest BCUT2D eigenvalue weighted by atomic mass is 10.1. The number of carbonyl (C=O) groups excluding carboxylic acids is 1. The van der Waals surface area contributed by atoms with E-state index >= 15 is 0 Å². The number of carbonyl (C=O) groups is 2. The molecule has 1 rings (SSSR count). The molecule has 4 nitrogen and oxygen atoms in total. The number of halogens is 1. The maximum atomic E-state index is 10.9. The van der Waals surface area contributed by atoms with Crippen molar-refractivity contribution in [2.24, 2.45) is 0 Å². The van der Waals surface area contributed by atoms with E-state index in [0.717, 1.165) is 12.3 Å². The Bertz CT molecular complexity index is 376. The predicted octanol–water partition coefficient (Wildman–Crippen LogP) is 1.64. The molecular formula is C8H6ClNO3. The monoisotopic (exact) mass is 199 g/mol. The lowest BCUT2D eigenvalue weighted by molar-refractivity contribution is 0.0690. The van der Waals surface area contributed by atoms with Gasteiger partial charge in [-0.3, -0.25) is 4.79 Å². The van der Waals surface area contributed by atoms with Crippen molar-refractivity contribution in [1.29, 1.82) is 0 Å². The van der Waals surface area contributed by atoms with Crippen LogP contribution >= 0.6 is 11.6 Å². The average molecular weight is 200 g/mol. The van der Waals surface area contributed by atoms with Gasteiger partial charge in [-0.15, -0.1) is 0 Å². The van der Waals surface area contributed by atoms with E-state index < -0.39 is 5.97 Å². The van der Waals surface area contributed by atoms with Crippen LogP contribution in [0.15, 0.2) is 12.3 Å². The number of aromatic carboxylic acids is 1. The van der Waals surface area contributed by atoms with Crippen molar-refractivity contribution in [3.63, 3.8) is 0 Å². The molecule has 1 heterocycles. The topological polar surface area (TPSA) is 67.3 Å². The van der Waals surface area contributed by atoms with Gasteiger partial charge >= 0.3 is 5.97 Å². The number of nitrogens with zero attached hydrogens (tertiary/aromatic N) is 1. The van der Waals surface area contributed by atoms with Gasteiger partial charge in [-0.2, -0.15) is 0 Å². The van der Waals surface area contributed by atoms with Crippen LogP contribution in [0.5, 0.6) is 0 Å². The van der Waals surface area contributed by atoms with E-state index in [9.17, 15) is 9.59 Å². The van der Waals surface area contributed by atoms with Crippen LogP contribution in [-0.2, 0) is 0 Å². The molecule has 5 heteroatoms. The van der Waals surface area contributed by atoms with E-state index in [1.807, 2.05) is 0 Å². The van der Waals surface area contributed by atoms with E-state index in [1.54, 1.807) is 0 Å². The molecule has 0 spiro atoms. The SMILES string of the molecule is CC(=O)c1cc(C(=O)O)ncc1Cl. The third-order valence-corrected chi connectivity index (χ3v) is 1.75. The highest BCUT2D eigenvalue weighted by atomic mass is 35.5. The predicted molar refractivity (Wildman–Crippen MR) is 46.2 cm³/mol. The number of Topliss-reactive ketones (excluding diaryl/α,β-unsaturated/α-hetero) is 1. The Morgan fingerprint density at radius 2 is 2.15 bits per heavy atom. The first-order chi connectivity index (χ1) is 6.02. The molecular weight excluding hydrogens is 194 g/mol. The third kappa shape index (κ3) is 2.03. The van der Waals surface area contributed by atoms with Crippen LogP contribution in [0.3, 0.4) is 0 Å². The Balaban J connectivity index is 3.27. The van der Waals surface area contributed by atoms with Crippen LogP contribution in [0.2, 0.25) is 5.02 Å². The van der Waals surface area contributed by atoms with Gasteiger partial charge in [-0.25, -0.2) is 9.78 Å². The molecule has 0 aliphatic rings. The summed E-state index contributed by atoms with van der Waals surface area (Å²) >= 11 is 5.62. The zero-order valence-electron chi connectivity index (χ0n) is 6.74. The second-order valence-electron chi connectivity index (χ2n) is 2.41. The lowest BCUT2D eigenvalue weighted by Gasteiger charge is -1.99. The number of carboxylic acid groups (broad SMARTS) is 1. The van der Waals surface area contributed by atoms with Gasteiger partial charge in [0.15, 0.2) is 5.78 Å². The van der Waals surface area contributed by atoms with Crippen LogP contribution in [-0.4, -0.2) is 21.8 Å². The zero-order valence-corrected chi connectivity index (χ0v) is 7.50. The van der Waals surface area contributed by atoms with Gasteiger partial charge in [0.2, 0.25) is 0 Å². The largest absolute Gasteiger partial charge is 0.477 e. The Morgan fingerprint density at radius 1 is 1.54 bits per heavy atom. The number of carboxylic acids is 1. The molecule has 13 heavy (non-hydrogen) atoms. The van der Waals surface area contributed by atoms with Crippen molar-refractivity contribution in [3.8, 4) is 0 Å². The standard InChI is InChI=1S/C8H6ClNO3/c1-4(11)5-2-7(8(12)13)10-3-6(5)9/h2-3H,1H3,(H,12,13). The van der Waals surface area contributed by atoms with E-state index in [4.69, 9.17) is 16.7 Å². The highest BCUT2D eigenvalue weighted by Gasteiger charge is 2.11. The average Bonchev–Trinajstić information content (AvgIpc) is 2.04. The fourth-order valence-electron chi connectivity index (χ4n) is 0.825. The molecule has 0 aliphatic carbocycles. The third-order valence-electron chi connectivity index (χ3n) is 1.45. The molecule has 0 atom stereocenters. The second-order valence-corrected chi connectivity index (χ2v) is 2.82. The molecule has 0 saturated carbocycles. The quantitative estimate of drug-likeness (QED) is 0.736. The summed E-state index contributed by atoms with van der Waals surface area (Å²) in [6.45, 7) is 1.31. The summed E-state index contributed by atoms with van der Waals surface area (Å²) in [4.78, 5) is 24.9. The van der Waals surface area contributed by atoms with Crippen molar-refractivity contribution in [2.45, 2.75) is 6.92 Å². The smallest absolute Gasteiger partial charge is 0.354 e. The van der Waals surface area contributed by atoms with E-state index in [2.05, 4.69) is 4.98 Å². The van der Waals surface area contributed by atoms with Crippen molar-refractivity contribution >= 4 is 23.4 Å². The molecule has 0 unspecified atom stereocenters. The Labute approximate surface area is 79.2 Å². The number of aromatic nitrogens is 1. The van der Waals surface area contributed by atoms with Gasteiger partial charge in [0, 0.05) is 11.8 Å². The molecule has 0 aromatic carbocycles. The van der Waals surface area contributed by atoms with Gasteiger partial charge < -0.3 is 5.11 Å². The summed E-state index contributed by atoms with van der Waals surface area (Å²) in [5.74, 6) is -1.46. The summed E-state index contributed by atoms with van der Waals surface area (Å²) in [6, 6.07) is 1.16. The number of rotatable bonds is 2. The minimum Gasteiger partial charge on any atom is -0.477 e. The fraction of sp³-hybridized carbons (Fsp3) is 0.125. The van der Waals surface area contributed by atoms with Crippen LogP contribution < -0.4 is 0 Å². The fourth-order valence-corrected chi connectivity index (χ4v) is 1.06. The summed E-state index contributed by atoms with van der Waals surface area (Å²) < 4.78 is 0. The molecule has 1 N–H and O–H groups in total. The number of ketones is 1. The van der Waals surface area contributed by atoms with E-state index in [-0.39, 0.29) is 22.1 Å². The summed E-state index contributed by atoms with van der Waals surface area (Å²) in [6.07, 6.45) is 1.15. The van der Waals surface area contributed by atoms with Gasteiger partial charge in [-0.1, -0.05) is 11.6 Å². The van der Waals surface area contributed by atoms with Gasteiger partial charge in [0.25, 0.3) is 0 Å². The summed E-state index contributed by atoms with van der Waals surface area (Å²) in [7, 11) is 0. The van der Waals surface area contributed by atoms with Gasteiger partial charge in [0.1, 0.15) is 5.69 Å². The highest BCUT2D eigenvalue weighted by Crippen LogP contribution is 2.15. The molecule has 0 radical (unpaired) electrons. The van der Waals surface area contributed by atoms with Crippen molar-refractivity contribution in [2.75, 3.05) is 0 Å². The minimum atomic E-state index is -1.18. The van der Waals surface area contributed by atoms with E-state index in [1.165, 1.54) is 6.92 Å². The summed E-state index contributed by atoms with van der Waals surface area (Å²) in [5, 5.41) is 8.73. The first-order valence-corrected chi connectivity index (χ1v) is 3.80. The molecule has 68 valence electrons. The second kappa shape index (κ2) is 3.53. The molecule has 1 aromatic heterocycles. The Kier molecular flexibility index (Phi) is 2.63. The van der Waals surface area contributed by atoms with Crippen LogP contribution in [0.1, 0.15) is 27.8 Å². The molecule has 0 fully saturated rings. The van der Waals surface area contributed by atoms with Crippen molar-refractivity contribution < 1.29 is 14.7 Å². The van der Waals surface area contributed by atoms with Gasteiger partial charge in [-0.05, 0) is 13.0 Å². The first-order valence-electron chi connectivity index (χ1n) is 3.42. The number of hydrogen-bond donors (Lipinski definition) is 1. The Morgan fingerprint density at radius 3 is 2.62 bits per heavy atom. The Hall–Kier alpha value is -1.42. The number of pyridine rings is 1. The van der Waals surface area contributed by atoms with Crippen LogP contribution in [0.4, 0.5) is 0 Å². The molecule has 1 aromatic rings. The normalized spacial score (nSPS) is 9.69. The van der Waals surface area contributed by atoms with Crippen molar-refractivity contribution in [1.82, 2.24) is 4.98 Å². The summed E-state index contributed by atoms with van der Waals surface area (Å²) in [5.41, 5.74) is -0.0105. The van der Waals surface area contributed by atoms with E-state index in [0.29, 0.717) is 0 Å². The lowest BCUT2D eigenvalue weighted by Crippen LogP contribution is -2.03. The van der Waals surface area contributed by atoms with Crippen LogP contribution in [0, 0.1) is 0 Å². The van der Waals surface area contributed by atoms with Gasteiger partial charge in [0.05, 0.1) is 5.02 Å². The molecule has 0 aliphatic heterocycles. The maximum Gasteiger partial charge on any atom is 0.354 e. The zero-order chi connectivity index (χ0) is 10.0. The van der Waals surface area contributed by atoms with Crippen molar-refractivity contribution in [3.05, 3.63) is 28.5 Å². The molecule has 0 amide bonds. The highest BCUT2D eigenvalue weighted by molar-refractivity contribution is 6.33.